The highest BCUT2D eigenvalue weighted by Gasteiger charge is 2.18. The number of hydrogen-bond acceptors (Lipinski definition) is 5. The largest absolute Gasteiger partial charge is 0.478 e. The zero-order chi connectivity index (χ0) is 15.6. The van der Waals surface area contributed by atoms with Crippen LogP contribution < -0.4 is 5.32 Å². The van der Waals surface area contributed by atoms with Gasteiger partial charge in [0.05, 0.1) is 21.7 Å². The first kappa shape index (κ1) is 14.9. The fourth-order valence-electron chi connectivity index (χ4n) is 1.54. The molecule has 7 nitrogen and oxygen atoms in total. The molecule has 21 heavy (non-hydrogen) atoms. The van der Waals surface area contributed by atoms with Gasteiger partial charge in [-0.05, 0) is 18.2 Å². The number of rotatable bonds is 4. The molecule has 0 fully saturated rings. The lowest BCUT2D eigenvalue weighted by Crippen LogP contribution is -2.14. The summed E-state index contributed by atoms with van der Waals surface area (Å²) in [6, 6.07) is 5.06. The molecule has 1 heterocycles. The number of amides is 1. The van der Waals surface area contributed by atoms with Crippen molar-refractivity contribution in [1.82, 2.24) is 0 Å². The van der Waals surface area contributed by atoms with Crippen LogP contribution in [0, 0.1) is 10.1 Å². The predicted octanol–water partition coefficient (Wildman–Crippen LogP) is 3.26. The molecule has 0 aliphatic carbocycles. The van der Waals surface area contributed by atoms with Gasteiger partial charge in [0, 0.05) is 16.5 Å². The van der Waals surface area contributed by atoms with Gasteiger partial charge in [0.2, 0.25) is 0 Å². The number of carbonyl (C=O) groups is 2. The van der Waals surface area contributed by atoms with Crippen molar-refractivity contribution < 1.29 is 19.6 Å². The molecule has 9 heteroatoms. The van der Waals surface area contributed by atoms with Gasteiger partial charge in [-0.2, -0.15) is 0 Å². The molecule has 2 N–H and O–H groups in total. The molecule has 0 aliphatic rings. The molecule has 0 unspecified atom stereocenters. The topological polar surface area (TPSA) is 110 Å². The van der Waals surface area contributed by atoms with Crippen LogP contribution in [0.2, 0.25) is 5.02 Å². The van der Waals surface area contributed by atoms with Crippen molar-refractivity contribution in [2.45, 2.75) is 0 Å². The molecule has 0 atom stereocenters. The van der Waals surface area contributed by atoms with Crippen LogP contribution in [0.1, 0.15) is 20.7 Å². The second-order valence-electron chi connectivity index (χ2n) is 3.88. The summed E-state index contributed by atoms with van der Waals surface area (Å²) in [5.41, 5.74) is -0.0330. The summed E-state index contributed by atoms with van der Waals surface area (Å²) in [6.07, 6.45) is 0. The second-order valence-corrected chi connectivity index (χ2v) is 5.21. The monoisotopic (exact) mass is 326 g/mol. The van der Waals surface area contributed by atoms with E-state index in [-0.39, 0.29) is 26.8 Å². The molecule has 0 saturated heterocycles. The molecule has 1 aromatic heterocycles. The van der Waals surface area contributed by atoms with E-state index in [2.05, 4.69) is 5.32 Å². The Morgan fingerprint density at radius 2 is 2.05 bits per heavy atom. The van der Waals surface area contributed by atoms with Crippen LogP contribution in [0.3, 0.4) is 0 Å². The van der Waals surface area contributed by atoms with E-state index in [0.29, 0.717) is 0 Å². The van der Waals surface area contributed by atoms with E-state index in [1.807, 2.05) is 0 Å². The number of carboxylic acids is 1. The average Bonchev–Trinajstić information content (AvgIpc) is 2.88. The number of anilines is 1. The summed E-state index contributed by atoms with van der Waals surface area (Å²) in [5.74, 6) is -1.87. The highest BCUT2D eigenvalue weighted by molar-refractivity contribution is 7.13. The van der Waals surface area contributed by atoms with Gasteiger partial charge in [-0.25, -0.2) is 4.79 Å². The maximum absolute atomic E-state index is 12.0. The fraction of sp³-hybridized carbons (Fsp3) is 0. The smallest absolute Gasteiger partial charge is 0.337 e. The summed E-state index contributed by atoms with van der Waals surface area (Å²) in [4.78, 5) is 33.0. The Bertz CT molecular complexity index is 743. The van der Waals surface area contributed by atoms with Crippen LogP contribution in [-0.2, 0) is 0 Å². The van der Waals surface area contributed by atoms with Gasteiger partial charge < -0.3 is 10.4 Å². The van der Waals surface area contributed by atoms with Crippen LogP contribution >= 0.6 is 22.9 Å². The van der Waals surface area contributed by atoms with E-state index >= 15 is 0 Å². The first-order valence-electron chi connectivity index (χ1n) is 5.45. The molecular weight excluding hydrogens is 320 g/mol. The van der Waals surface area contributed by atoms with Gasteiger partial charge in [0.1, 0.15) is 0 Å². The molecule has 2 rings (SSSR count). The van der Waals surface area contributed by atoms with E-state index in [0.717, 1.165) is 17.4 Å². The standard InChI is InChI=1S/C12H7ClN2O5S/c13-7-1-2-8(12(17)18)9(4-7)14-11(16)6-3-10(15(19)20)21-5-6/h1-5H,(H,14,16)(H,17,18). The minimum atomic E-state index is -1.22. The Labute approximate surface area is 126 Å². The lowest BCUT2D eigenvalue weighted by atomic mass is 10.1. The molecule has 0 aliphatic heterocycles. The minimum absolute atomic E-state index is 0.0221. The summed E-state index contributed by atoms with van der Waals surface area (Å²) in [7, 11) is 0. The Morgan fingerprint density at radius 1 is 1.33 bits per heavy atom. The average molecular weight is 327 g/mol. The van der Waals surface area contributed by atoms with Crippen LogP contribution in [0.15, 0.2) is 29.6 Å². The summed E-state index contributed by atoms with van der Waals surface area (Å²) < 4.78 is 0. The Hall–Kier alpha value is -2.45. The third-order valence-corrected chi connectivity index (χ3v) is 3.60. The minimum Gasteiger partial charge on any atom is -0.478 e. The fourth-order valence-corrected chi connectivity index (χ4v) is 2.42. The van der Waals surface area contributed by atoms with E-state index in [1.165, 1.54) is 23.6 Å². The molecular formula is C12H7ClN2O5S. The maximum atomic E-state index is 12.0. The summed E-state index contributed by atoms with van der Waals surface area (Å²) >= 11 is 6.57. The summed E-state index contributed by atoms with van der Waals surface area (Å²) in [6.45, 7) is 0. The van der Waals surface area contributed by atoms with E-state index in [4.69, 9.17) is 16.7 Å². The number of nitrogens with one attached hydrogen (secondary N) is 1. The third-order valence-electron chi connectivity index (χ3n) is 2.49. The van der Waals surface area contributed by atoms with Gasteiger partial charge in [-0.1, -0.05) is 22.9 Å². The number of nitrogens with zero attached hydrogens (tertiary/aromatic N) is 1. The zero-order valence-corrected chi connectivity index (χ0v) is 11.8. The molecule has 1 amide bonds. The van der Waals surface area contributed by atoms with Gasteiger partial charge in [-0.3, -0.25) is 14.9 Å². The van der Waals surface area contributed by atoms with Crippen molar-refractivity contribution in [3.05, 3.63) is 55.9 Å². The molecule has 0 bridgehead atoms. The first-order valence-corrected chi connectivity index (χ1v) is 6.71. The molecule has 0 radical (unpaired) electrons. The lowest BCUT2D eigenvalue weighted by Gasteiger charge is -2.07. The van der Waals surface area contributed by atoms with E-state index in [1.54, 1.807) is 0 Å². The quantitative estimate of drug-likeness (QED) is 0.662. The van der Waals surface area contributed by atoms with Gasteiger partial charge >= 0.3 is 11.0 Å². The molecule has 0 spiro atoms. The SMILES string of the molecule is O=C(Nc1cc(Cl)ccc1C(=O)O)c1csc([N+](=O)[O-])c1. The number of nitro groups is 1. The normalized spacial score (nSPS) is 10.1. The highest BCUT2D eigenvalue weighted by atomic mass is 35.5. The summed E-state index contributed by atoms with van der Waals surface area (Å²) in [5, 5.41) is 23.4. The van der Waals surface area contributed by atoms with Crippen molar-refractivity contribution >= 4 is 45.5 Å². The third kappa shape index (κ3) is 3.36. The van der Waals surface area contributed by atoms with Crippen LogP contribution in [0.4, 0.5) is 10.7 Å². The Balaban J connectivity index is 2.28. The van der Waals surface area contributed by atoms with Crippen LogP contribution in [0.5, 0.6) is 0 Å². The van der Waals surface area contributed by atoms with Crippen LogP contribution in [0.25, 0.3) is 0 Å². The zero-order valence-electron chi connectivity index (χ0n) is 10.2. The Morgan fingerprint density at radius 3 is 2.62 bits per heavy atom. The number of hydrogen-bond donors (Lipinski definition) is 2. The second kappa shape index (κ2) is 5.90. The van der Waals surface area contributed by atoms with Crippen molar-refractivity contribution in [3.8, 4) is 0 Å². The van der Waals surface area contributed by atoms with E-state index in [9.17, 15) is 19.7 Å². The number of benzene rings is 1. The number of aromatic carboxylic acids is 1. The van der Waals surface area contributed by atoms with Crippen molar-refractivity contribution in [2.24, 2.45) is 0 Å². The molecule has 0 saturated carbocycles. The number of thiophene rings is 1. The highest BCUT2D eigenvalue weighted by Crippen LogP contribution is 2.25. The molecule has 108 valence electrons. The molecule has 1 aromatic carbocycles. The predicted molar refractivity (Wildman–Crippen MR) is 77.3 cm³/mol. The van der Waals surface area contributed by atoms with Gasteiger partial charge in [0.25, 0.3) is 5.91 Å². The number of carbonyl (C=O) groups excluding carboxylic acids is 1. The lowest BCUT2D eigenvalue weighted by molar-refractivity contribution is -0.380. The van der Waals surface area contributed by atoms with Crippen molar-refractivity contribution in [1.29, 1.82) is 0 Å². The van der Waals surface area contributed by atoms with E-state index < -0.39 is 16.8 Å². The maximum Gasteiger partial charge on any atom is 0.337 e. The van der Waals surface area contributed by atoms with Crippen LogP contribution in [-0.4, -0.2) is 21.9 Å². The van der Waals surface area contributed by atoms with Gasteiger partial charge in [0.15, 0.2) is 0 Å². The number of carboxylic acid groups (broad SMARTS) is 1. The van der Waals surface area contributed by atoms with Gasteiger partial charge in [-0.15, -0.1) is 0 Å². The van der Waals surface area contributed by atoms with Crippen molar-refractivity contribution in [3.63, 3.8) is 0 Å². The van der Waals surface area contributed by atoms with Crippen molar-refractivity contribution in [2.75, 3.05) is 5.32 Å². The molecule has 2 aromatic rings. The first-order chi connectivity index (χ1) is 9.88. The number of halogens is 1. The Kier molecular flexibility index (Phi) is 4.20.